The van der Waals surface area contributed by atoms with Gasteiger partial charge in [0.2, 0.25) is 0 Å². The molecule has 0 saturated heterocycles. The summed E-state index contributed by atoms with van der Waals surface area (Å²) in [7, 11) is -0.662. The summed E-state index contributed by atoms with van der Waals surface area (Å²) in [5, 5.41) is 0. The van der Waals surface area contributed by atoms with E-state index in [0.717, 1.165) is 91.7 Å². The number of unbranched alkanes of at least 4 members (excludes halogenated alkanes) is 4. The van der Waals surface area contributed by atoms with E-state index in [1.165, 1.54) is 0 Å². The number of hydrogen-bond donors (Lipinski definition) is 0. The fourth-order valence-corrected chi connectivity index (χ4v) is 6.31. The van der Waals surface area contributed by atoms with Gasteiger partial charge < -0.3 is 18.9 Å². The minimum Gasteiger partial charge on any atom is -0.550 e. The molecule has 0 aliphatic carbocycles. The van der Waals surface area contributed by atoms with Crippen molar-refractivity contribution in [1.29, 1.82) is 0 Å². The highest BCUT2D eigenvalue weighted by molar-refractivity contribution is 7.60. The van der Waals surface area contributed by atoms with Gasteiger partial charge in [-0.1, -0.05) is 97.1 Å². The standard InChI is InChI=1S/C34H53O4P/c1-7-11-21-35-31-17-15-18-32(36-22-12-8-2)29(31)26-39(25-28(5)6)27-30-33(37-23-13-9-3)19-16-20-34(30)38-24-14-10-4/h15-20,26-28H,7-14,21-25H2,1-6H3. The maximum Gasteiger partial charge on any atom is 0.134 e. The van der Waals surface area contributed by atoms with Crippen molar-refractivity contribution in [3.63, 3.8) is 0 Å². The molecule has 0 saturated carbocycles. The van der Waals surface area contributed by atoms with Crippen molar-refractivity contribution in [2.75, 3.05) is 32.6 Å². The van der Waals surface area contributed by atoms with E-state index in [2.05, 4.69) is 77.8 Å². The van der Waals surface area contributed by atoms with E-state index in [4.69, 9.17) is 18.9 Å². The highest BCUT2D eigenvalue weighted by atomic mass is 31.1. The Balaban J connectivity index is 2.53. The zero-order chi connectivity index (χ0) is 28.3. The zero-order valence-corrected chi connectivity index (χ0v) is 26.4. The fraction of sp³-hybridized carbons (Fsp3) is 0.588. The van der Waals surface area contributed by atoms with Crippen molar-refractivity contribution in [2.45, 2.75) is 92.9 Å². The smallest absolute Gasteiger partial charge is 0.134 e. The molecule has 0 bridgehead atoms. The highest BCUT2D eigenvalue weighted by Crippen LogP contribution is 2.43. The summed E-state index contributed by atoms with van der Waals surface area (Å²) in [6.45, 7) is 16.2. The second kappa shape index (κ2) is 19.7. The minimum atomic E-state index is -0.662. The zero-order valence-electron chi connectivity index (χ0n) is 25.5. The van der Waals surface area contributed by atoms with E-state index < -0.39 is 7.55 Å². The summed E-state index contributed by atoms with van der Waals surface area (Å²) in [5.41, 5.74) is 2.15. The van der Waals surface area contributed by atoms with Gasteiger partial charge in [0.1, 0.15) is 23.5 Å². The van der Waals surface area contributed by atoms with Crippen molar-refractivity contribution < 1.29 is 18.9 Å². The Hall–Kier alpha value is -2.32. The fourth-order valence-electron chi connectivity index (χ4n) is 4.01. The summed E-state index contributed by atoms with van der Waals surface area (Å²) in [4.78, 5) is 0. The molecule has 0 aliphatic rings. The van der Waals surface area contributed by atoms with Crippen LogP contribution >= 0.6 is 7.55 Å². The number of ether oxygens (including phenoxy) is 4. The predicted octanol–water partition coefficient (Wildman–Crippen LogP) is 9.90. The third-order valence-corrected chi connectivity index (χ3v) is 8.57. The van der Waals surface area contributed by atoms with Crippen LogP contribution in [0.4, 0.5) is 0 Å². The van der Waals surface area contributed by atoms with Crippen LogP contribution in [-0.4, -0.2) is 38.4 Å². The van der Waals surface area contributed by atoms with Crippen LogP contribution in [0.3, 0.4) is 0 Å². The molecule has 0 heterocycles. The van der Waals surface area contributed by atoms with Crippen LogP contribution in [-0.2, 0) is 0 Å². The molecule has 2 rings (SSSR count). The van der Waals surface area contributed by atoms with Crippen molar-refractivity contribution in [3.8, 4) is 23.0 Å². The molecule has 1 atom stereocenters. The Bertz CT molecular complexity index is 913. The monoisotopic (exact) mass is 556 g/mol. The topological polar surface area (TPSA) is 36.9 Å². The van der Waals surface area contributed by atoms with E-state index >= 15 is 0 Å². The number of rotatable bonds is 21. The molecule has 0 radical (unpaired) electrons. The first kappa shape index (κ1) is 32.9. The normalized spacial score (nSPS) is 11.5. The van der Waals surface area contributed by atoms with Crippen molar-refractivity contribution in [1.82, 2.24) is 0 Å². The van der Waals surface area contributed by atoms with E-state index in [0.29, 0.717) is 32.3 Å². The first-order chi connectivity index (χ1) is 19.0. The lowest BCUT2D eigenvalue weighted by molar-refractivity contribution is 0.292. The Morgan fingerprint density at radius 3 is 1.41 bits per heavy atom. The van der Waals surface area contributed by atoms with Crippen molar-refractivity contribution in [2.24, 2.45) is 5.92 Å². The molecule has 0 N–H and O–H groups in total. The molecule has 0 fully saturated rings. The second-order valence-electron chi connectivity index (χ2n) is 10.5. The van der Waals surface area contributed by atoms with E-state index in [9.17, 15) is 0 Å². The SMILES string of the molecule is CCCCOc1cccc(OCCCC)c1C=[P+]([CH-]c1c(OCCCC)cccc1OCCCC)CC(C)C. The number of benzene rings is 2. The van der Waals surface area contributed by atoms with Crippen molar-refractivity contribution >= 4 is 13.3 Å². The maximum absolute atomic E-state index is 6.29. The summed E-state index contributed by atoms with van der Waals surface area (Å²) in [5.74, 6) is 6.58. The summed E-state index contributed by atoms with van der Waals surface area (Å²) in [6.07, 6.45) is 12.0. The Labute approximate surface area is 240 Å². The molecule has 0 spiro atoms. The van der Waals surface area contributed by atoms with Crippen LogP contribution in [0, 0.1) is 12.1 Å². The predicted molar refractivity (Wildman–Crippen MR) is 170 cm³/mol. The first-order valence-corrected chi connectivity index (χ1v) is 16.9. The molecule has 0 aromatic heterocycles. The molecule has 0 aliphatic heterocycles. The molecule has 1 unspecified atom stereocenters. The van der Waals surface area contributed by atoms with E-state index in [-0.39, 0.29) is 0 Å². The largest absolute Gasteiger partial charge is 0.550 e. The van der Waals surface area contributed by atoms with Crippen LogP contribution in [0.2, 0.25) is 0 Å². The van der Waals surface area contributed by atoms with Crippen LogP contribution < -0.4 is 18.9 Å². The first-order valence-electron chi connectivity index (χ1n) is 15.3. The average molecular weight is 557 g/mol. The summed E-state index contributed by atoms with van der Waals surface area (Å²) >= 11 is 0. The number of hydrogen-bond acceptors (Lipinski definition) is 4. The van der Waals surface area contributed by atoms with Gasteiger partial charge >= 0.3 is 0 Å². The van der Waals surface area contributed by atoms with Gasteiger partial charge in [0, 0.05) is 17.7 Å². The molecule has 5 heteroatoms. The van der Waals surface area contributed by atoms with Crippen LogP contribution in [0.1, 0.15) is 104 Å². The molecule has 39 heavy (non-hydrogen) atoms. The van der Waals surface area contributed by atoms with Gasteiger partial charge in [0.05, 0.1) is 39.5 Å². The lowest BCUT2D eigenvalue weighted by Gasteiger charge is -2.23. The Morgan fingerprint density at radius 2 is 1.03 bits per heavy atom. The van der Waals surface area contributed by atoms with Gasteiger partial charge in [-0.15, -0.1) is 0 Å². The average Bonchev–Trinajstić information content (AvgIpc) is 2.91. The van der Waals surface area contributed by atoms with Gasteiger partial charge in [-0.2, -0.15) is 0 Å². The molecular weight excluding hydrogens is 503 g/mol. The molecular formula is C34H53O4P. The van der Waals surface area contributed by atoms with Crippen LogP contribution in [0.15, 0.2) is 36.4 Å². The summed E-state index contributed by atoms with van der Waals surface area (Å²) in [6, 6.07) is 12.4. The molecule has 2 aromatic carbocycles. The van der Waals surface area contributed by atoms with Gasteiger partial charge in [0.15, 0.2) is 0 Å². The molecule has 0 amide bonds. The van der Waals surface area contributed by atoms with Crippen LogP contribution in [0.25, 0.3) is 0 Å². The van der Waals surface area contributed by atoms with Gasteiger partial charge in [-0.3, -0.25) is 0 Å². The van der Waals surface area contributed by atoms with E-state index in [1.807, 2.05) is 12.1 Å². The Morgan fingerprint density at radius 1 is 0.641 bits per heavy atom. The third-order valence-electron chi connectivity index (χ3n) is 6.24. The third kappa shape index (κ3) is 12.2. The summed E-state index contributed by atoms with van der Waals surface area (Å²) < 4.78 is 25.2. The van der Waals surface area contributed by atoms with Crippen molar-refractivity contribution in [3.05, 3.63) is 53.7 Å². The second-order valence-corrected chi connectivity index (χ2v) is 12.4. The molecule has 2 aromatic rings. The van der Waals surface area contributed by atoms with Gasteiger partial charge in [-0.25, -0.2) is 0 Å². The lowest BCUT2D eigenvalue weighted by atomic mass is 10.2. The maximum atomic E-state index is 6.29. The van der Waals surface area contributed by atoms with E-state index in [1.54, 1.807) is 0 Å². The quantitative estimate of drug-likeness (QED) is 0.0871. The van der Waals surface area contributed by atoms with Crippen LogP contribution in [0.5, 0.6) is 23.0 Å². The molecule has 218 valence electrons. The lowest BCUT2D eigenvalue weighted by Crippen LogP contribution is -2.06. The minimum absolute atomic E-state index is 0.541. The highest BCUT2D eigenvalue weighted by Gasteiger charge is 2.19. The Kier molecular flexibility index (Phi) is 16.6. The van der Waals surface area contributed by atoms with Gasteiger partial charge in [-0.05, 0) is 43.7 Å². The van der Waals surface area contributed by atoms with Gasteiger partial charge in [0.25, 0.3) is 0 Å². The molecule has 4 nitrogen and oxygen atoms in total.